The highest BCUT2D eigenvalue weighted by molar-refractivity contribution is 5.85. The summed E-state index contributed by atoms with van der Waals surface area (Å²) in [5.41, 5.74) is 4.10. The Bertz CT molecular complexity index is 1500. The van der Waals surface area contributed by atoms with E-state index in [-0.39, 0.29) is 17.1 Å². The van der Waals surface area contributed by atoms with E-state index in [0.717, 1.165) is 24.4 Å². The summed E-state index contributed by atoms with van der Waals surface area (Å²) >= 11 is 0. The van der Waals surface area contributed by atoms with Gasteiger partial charge in [0, 0.05) is 42.3 Å². The molecule has 2 aliphatic heterocycles. The molecule has 0 aliphatic carbocycles. The summed E-state index contributed by atoms with van der Waals surface area (Å²) < 4.78 is 3.52. The number of anilines is 2. The number of benzene rings is 1. The maximum Gasteiger partial charge on any atom is 0.278 e. The van der Waals surface area contributed by atoms with Crippen molar-refractivity contribution in [2.45, 2.75) is 65.6 Å². The summed E-state index contributed by atoms with van der Waals surface area (Å²) in [6, 6.07) is 8.49. The van der Waals surface area contributed by atoms with Crippen LogP contribution in [0.15, 0.2) is 40.3 Å². The fraction of sp³-hybridized carbons (Fsp3) is 0.444. The normalized spacial score (nSPS) is 19.0. The van der Waals surface area contributed by atoms with Crippen molar-refractivity contribution >= 4 is 34.6 Å². The van der Waals surface area contributed by atoms with Gasteiger partial charge in [0.15, 0.2) is 5.65 Å². The van der Waals surface area contributed by atoms with Crippen molar-refractivity contribution in [3.63, 3.8) is 0 Å². The van der Waals surface area contributed by atoms with Crippen molar-refractivity contribution in [3.8, 4) is 6.07 Å². The van der Waals surface area contributed by atoms with Gasteiger partial charge in [0.05, 0.1) is 17.5 Å². The van der Waals surface area contributed by atoms with Crippen molar-refractivity contribution in [3.05, 3.63) is 52.0 Å². The van der Waals surface area contributed by atoms with Crippen LogP contribution in [0, 0.1) is 16.7 Å². The molecule has 2 aromatic heterocycles. The molecule has 36 heavy (non-hydrogen) atoms. The lowest BCUT2D eigenvalue weighted by atomic mass is 9.83. The predicted molar refractivity (Wildman–Crippen MR) is 142 cm³/mol. The number of hydrogen-bond donors (Lipinski definition) is 2. The summed E-state index contributed by atoms with van der Waals surface area (Å²) in [7, 11) is 0. The average Bonchev–Trinajstić information content (AvgIpc) is 3.14. The monoisotopic (exact) mass is 484 g/mol. The average molecular weight is 485 g/mol. The lowest BCUT2D eigenvalue weighted by Crippen LogP contribution is -2.42. The summed E-state index contributed by atoms with van der Waals surface area (Å²) in [6.45, 7) is 11.5. The zero-order valence-electron chi connectivity index (χ0n) is 21.5. The second-order valence-corrected chi connectivity index (χ2v) is 10.6. The summed E-state index contributed by atoms with van der Waals surface area (Å²) in [5, 5.41) is 17.0. The zero-order chi connectivity index (χ0) is 25.7. The molecule has 3 aromatic rings. The number of nitrogens with zero attached hydrogens (tertiary/aromatic N) is 6. The van der Waals surface area contributed by atoms with E-state index in [1.165, 1.54) is 11.1 Å². The Hall–Kier alpha value is -3.77. The van der Waals surface area contributed by atoms with Gasteiger partial charge in [-0.1, -0.05) is 6.07 Å². The van der Waals surface area contributed by atoms with Crippen molar-refractivity contribution in [1.29, 1.82) is 5.26 Å². The summed E-state index contributed by atoms with van der Waals surface area (Å²) in [5.74, 6) is 0.427. The SMILES string of the molecule is CCn1c(=O)c2cnc(Nc3ccc4c(c3)CCNC4(C)C)nc2n1C1=CC=NC(C(C)(C)C#N)C1. The van der Waals surface area contributed by atoms with Gasteiger partial charge >= 0.3 is 0 Å². The number of aliphatic imine (C=N–C) groups is 1. The van der Waals surface area contributed by atoms with Gasteiger partial charge in [-0.15, -0.1) is 0 Å². The molecule has 9 nitrogen and oxygen atoms in total. The molecule has 0 saturated heterocycles. The lowest BCUT2D eigenvalue weighted by Gasteiger charge is -2.34. The van der Waals surface area contributed by atoms with E-state index < -0.39 is 5.41 Å². The summed E-state index contributed by atoms with van der Waals surface area (Å²) in [6.07, 6.45) is 6.70. The van der Waals surface area contributed by atoms with Crippen LogP contribution < -0.4 is 16.2 Å². The Morgan fingerprint density at radius 1 is 1.33 bits per heavy atom. The Kier molecular flexibility index (Phi) is 5.80. The van der Waals surface area contributed by atoms with E-state index >= 15 is 0 Å². The Labute approximate surface area is 210 Å². The van der Waals surface area contributed by atoms with Gasteiger partial charge in [-0.2, -0.15) is 10.2 Å². The molecular formula is C27H32N8O. The third kappa shape index (κ3) is 4.01. The first-order valence-electron chi connectivity index (χ1n) is 12.4. The quantitative estimate of drug-likeness (QED) is 0.567. The Balaban J connectivity index is 1.54. The van der Waals surface area contributed by atoms with Gasteiger partial charge < -0.3 is 10.6 Å². The number of nitrogens with one attached hydrogen (secondary N) is 2. The first-order chi connectivity index (χ1) is 17.1. The number of aromatic nitrogens is 4. The number of fused-ring (bicyclic) bond motifs is 2. The number of nitriles is 1. The number of dihydropyridines is 1. The molecule has 186 valence electrons. The molecule has 5 rings (SSSR count). The van der Waals surface area contributed by atoms with Gasteiger partial charge in [0.2, 0.25) is 5.95 Å². The minimum absolute atomic E-state index is 0.0599. The molecule has 1 aromatic carbocycles. The lowest BCUT2D eigenvalue weighted by molar-refractivity contribution is 0.382. The van der Waals surface area contributed by atoms with E-state index in [4.69, 9.17) is 4.98 Å². The van der Waals surface area contributed by atoms with Crippen LogP contribution in [-0.2, 0) is 18.5 Å². The minimum atomic E-state index is -0.630. The zero-order valence-corrected chi connectivity index (χ0v) is 21.5. The van der Waals surface area contributed by atoms with E-state index in [0.29, 0.717) is 29.9 Å². The van der Waals surface area contributed by atoms with Gasteiger partial charge in [-0.25, -0.2) is 14.3 Å². The molecule has 0 radical (unpaired) electrons. The molecule has 2 aliphatic rings. The fourth-order valence-electron chi connectivity index (χ4n) is 5.11. The van der Waals surface area contributed by atoms with Crippen molar-refractivity contribution < 1.29 is 0 Å². The van der Waals surface area contributed by atoms with E-state index in [1.807, 2.05) is 37.6 Å². The molecule has 0 bridgehead atoms. The molecule has 1 atom stereocenters. The largest absolute Gasteiger partial charge is 0.324 e. The topological polar surface area (TPSA) is 113 Å². The molecule has 2 N–H and O–H groups in total. The second kappa shape index (κ2) is 8.71. The van der Waals surface area contributed by atoms with Crippen LogP contribution in [0.25, 0.3) is 16.7 Å². The number of rotatable bonds is 5. The second-order valence-electron chi connectivity index (χ2n) is 10.6. The molecule has 0 fully saturated rings. The first kappa shape index (κ1) is 23.9. The van der Waals surface area contributed by atoms with Gasteiger partial charge in [-0.05, 0) is 76.9 Å². The van der Waals surface area contributed by atoms with Crippen molar-refractivity contribution in [2.24, 2.45) is 10.4 Å². The molecule has 1 unspecified atom stereocenters. The smallest absolute Gasteiger partial charge is 0.278 e. The maximum atomic E-state index is 13.2. The number of hydrogen-bond acceptors (Lipinski definition) is 7. The van der Waals surface area contributed by atoms with E-state index in [1.54, 1.807) is 17.1 Å². The summed E-state index contributed by atoms with van der Waals surface area (Å²) in [4.78, 5) is 26.9. The highest BCUT2D eigenvalue weighted by atomic mass is 16.1. The molecule has 4 heterocycles. The molecule has 0 amide bonds. The molecule has 0 saturated carbocycles. The Morgan fingerprint density at radius 2 is 2.14 bits per heavy atom. The van der Waals surface area contributed by atoms with Gasteiger partial charge in [0.25, 0.3) is 5.56 Å². The highest BCUT2D eigenvalue weighted by Crippen LogP contribution is 2.33. The molecule has 9 heteroatoms. The van der Waals surface area contributed by atoms with Crippen LogP contribution in [0.3, 0.4) is 0 Å². The molecule has 0 spiro atoms. The van der Waals surface area contributed by atoms with E-state index in [2.05, 4.69) is 52.7 Å². The third-order valence-corrected chi connectivity index (χ3v) is 7.30. The predicted octanol–water partition coefficient (Wildman–Crippen LogP) is 3.97. The van der Waals surface area contributed by atoms with Crippen LogP contribution in [-0.4, -0.2) is 38.1 Å². The van der Waals surface area contributed by atoms with Crippen LogP contribution in [0.2, 0.25) is 0 Å². The van der Waals surface area contributed by atoms with Gasteiger partial charge in [-0.3, -0.25) is 9.79 Å². The van der Waals surface area contributed by atoms with Crippen LogP contribution in [0.5, 0.6) is 0 Å². The third-order valence-electron chi connectivity index (χ3n) is 7.30. The first-order valence-corrected chi connectivity index (χ1v) is 12.4. The number of allylic oxidation sites excluding steroid dienone is 1. The van der Waals surface area contributed by atoms with Crippen molar-refractivity contribution in [2.75, 3.05) is 11.9 Å². The van der Waals surface area contributed by atoms with Crippen LogP contribution in [0.4, 0.5) is 11.6 Å². The fourth-order valence-corrected chi connectivity index (χ4v) is 5.11. The standard InChI is InChI=1S/C27H32N8O/c1-6-34-24(36)20-15-30-25(32-18-7-8-21-17(13-18)9-12-31-27(21,4)5)33-23(20)35(34)19-10-11-29-22(14-19)26(2,3)16-28/h7-8,10-11,13,15,22,31H,6,9,12,14H2,1-5H3,(H,30,32,33). The van der Waals surface area contributed by atoms with E-state index in [9.17, 15) is 10.1 Å². The van der Waals surface area contributed by atoms with Crippen molar-refractivity contribution in [1.82, 2.24) is 24.6 Å². The van der Waals surface area contributed by atoms with Gasteiger partial charge in [0.1, 0.15) is 5.39 Å². The highest BCUT2D eigenvalue weighted by Gasteiger charge is 2.32. The molecular weight excluding hydrogens is 452 g/mol. The minimum Gasteiger partial charge on any atom is -0.324 e. The van der Waals surface area contributed by atoms with Crippen LogP contribution in [0.1, 0.15) is 52.2 Å². The Morgan fingerprint density at radius 3 is 2.89 bits per heavy atom. The van der Waals surface area contributed by atoms with Crippen LogP contribution >= 0.6 is 0 Å². The maximum absolute atomic E-state index is 13.2.